The zero-order valence-electron chi connectivity index (χ0n) is 11.0. The molecule has 1 aromatic rings. The summed E-state index contributed by atoms with van der Waals surface area (Å²) in [5, 5.41) is 0. The zero-order chi connectivity index (χ0) is 13.5. The molecule has 0 aliphatic rings. The number of hydrogen-bond donors (Lipinski definition) is 2. The number of likely N-dealkylation sites (N-methyl/N-ethyl adjacent to an activating group) is 1. The average Bonchev–Trinajstić information content (AvgIpc) is 2.38. The molecule has 2 unspecified atom stereocenters. The quantitative estimate of drug-likeness (QED) is 0.744. The summed E-state index contributed by atoms with van der Waals surface area (Å²) >= 11 is 0. The number of aromatic nitrogens is 1. The van der Waals surface area contributed by atoms with Crippen LogP contribution in [0.25, 0.3) is 0 Å². The monoisotopic (exact) mass is 250 g/mol. The van der Waals surface area contributed by atoms with Crippen LogP contribution in [0.2, 0.25) is 0 Å². The van der Waals surface area contributed by atoms with E-state index in [1.165, 1.54) is 0 Å². The molecule has 0 aliphatic heterocycles. The van der Waals surface area contributed by atoms with Crippen molar-refractivity contribution in [3.63, 3.8) is 0 Å². The molecule has 1 amide bonds. The first-order valence-corrected chi connectivity index (χ1v) is 6.28. The van der Waals surface area contributed by atoms with Crippen LogP contribution in [-0.2, 0) is 4.79 Å². The molecule has 0 aliphatic carbocycles. The molecular formula is C13H22N4O. The van der Waals surface area contributed by atoms with Crippen molar-refractivity contribution < 1.29 is 4.79 Å². The highest BCUT2D eigenvalue weighted by molar-refractivity contribution is 5.76. The summed E-state index contributed by atoms with van der Waals surface area (Å²) in [7, 11) is 0. The Morgan fingerprint density at radius 2 is 2.22 bits per heavy atom. The van der Waals surface area contributed by atoms with E-state index in [1.807, 2.05) is 30.9 Å². The molecule has 0 saturated carbocycles. The molecule has 1 aromatic heterocycles. The minimum Gasteiger partial charge on any atom is -0.369 e. The van der Waals surface area contributed by atoms with Gasteiger partial charge in [-0.15, -0.1) is 0 Å². The van der Waals surface area contributed by atoms with Crippen molar-refractivity contribution in [1.82, 2.24) is 9.88 Å². The molecule has 18 heavy (non-hydrogen) atoms. The number of nitrogens with zero attached hydrogens (tertiary/aromatic N) is 2. The lowest BCUT2D eigenvalue weighted by Crippen LogP contribution is -2.44. The van der Waals surface area contributed by atoms with Crippen molar-refractivity contribution in [2.45, 2.75) is 32.4 Å². The van der Waals surface area contributed by atoms with Crippen LogP contribution in [-0.4, -0.2) is 34.9 Å². The molecular weight excluding hydrogens is 228 g/mol. The third-order valence-corrected chi connectivity index (χ3v) is 3.06. The van der Waals surface area contributed by atoms with E-state index in [2.05, 4.69) is 4.98 Å². The Balaban J connectivity index is 3.00. The third kappa shape index (κ3) is 3.78. The van der Waals surface area contributed by atoms with Gasteiger partial charge in [-0.25, -0.2) is 0 Å². The van der Waals surface area contributed by atoms with Crippen LogP contribution in [0.5, 0.6) is 0 Å². The second-order valence-corrected chi connectivity index (χ2v) is 4.33. The van der Waals surface area contributed by atoms with Crippen molar-refractivity contribution in [2.75, 3.05) is 13.1 Å². The fourth-order valence-electron chi connectivity index (χ4n) is 2.11. The van der Waals surface area contributed by atoms with Crippen molar-refractivity contribution in [1.29, 1.82) is 0 Å². The van der Waals surface area contributed by atoms with E-state index < -0.39 is 0 Å². The van der Waals surface area contributed by atoms with Gasteiger partial charge >= 0.3 is 0 Å². The fourth-order valence-corrected chi connectivity index (χ4v) is 2.11. The lowest BCUT2D eigenvalue weighted by Gasteiger charge is -2.33. The standard InChI is InChI=1S/C13H22N4O/c1-3-11(14)13(10-6-5-7-16-8-10)17(4-2)9-12(15)18/h5-8,11,13H,3-4,9,14H2,1-2H3,(H2,15,18). The van der Waals surface area contributed by atoms with Gasteiger partial charge in [0.1, 0.15) is 0 Å². The van der Waals surface area contributed by atoms with Crippen LogP contribution >= 0.6 is 0 Å². The van der Waals surface area contributed by atoms with E-state index in [-0.39, 0.29) is 24.5 Å². The first kappa shape index (κ1) is 14.6. The lowest BCUT2D eigenvalue weighted by molar-refractivity contribution is -0.119. The van der Waals surface area contributed by atoms with Crippen molar-refractivity contribution in [3.8, 4) is 0 Å². The molecule has 0 fully saturated rings. The van der Waals surface area contributed by atoms with Gasteiger partial charge in [0, 0.05) is 18.4 Å². The van der Waals surface area contributed by atoms with Gasteiger partial charge in [0.15, 0.2) is 0 Å². The molecule has 5 nitrogen and oxygen atoms in total. The Kier molecular flexibility index (Phi) is 5.74. The van der Waals surface area contributed by atoms with Gasteiger partial charge in [-0.3, -0.25) is 14.7 Å². The number of nitrogens with two attached hydrogens (primary N) is 2. The maximum absolute atomic E-state index is 11.1. The molecule has 1 rings (SSSR count). The average molecular weight is 250 g/mol. The lowest BCUT2D eigenvalue weighted by atomic mass is 9.97. The van der Waals surface area contributed by atoms with Gasteiger partial charge in [0.25, 0.3) is 0 Å². The van der Waals surface area contributed by atoms with Gasteiger partial charge in [-0.05, 0) is 24.6 Å². The topological polar surface area (TPSA) is 85.2 Å². The van der Waals surface area contributed by atoms with E-state index in [4.69, 9.17) is 11.5 Å². The summed E-state index contributed by atoms with van der Waals surface area (Å²) in [6.07, 6.45) is 4.35. The van der Waals surface area contributed by atoms with E-state index in [0.29, 0.717) is 0 Å². The minimum absolute atomic E-state index is 0.0267. The van der Waals surface area contributed by atoms with Gasteiger partial charge in [0.2, 0.25) is 5.91 Å². The van der Waals surface area contributed by atoms with Crippen molar-refractivity contribution in [2.24, 2.45) is 11.5 Å². The van der Waals surface area contributed by atoms with E-state index >= 15 is 0 Å². The van der Waals surface area contributed by atoms with Gasteiger partial charge < -0.3 is 11.5 Å². The fraction of sp³-hybridized carbons (Fsp3) is 0.538. The SMILES string of the molecule is CCC(N)C(c1cccnc1)N(CC)CC(N)=O. The second kappa shape index (κ2) is 7.08. The summed E-state index contributed by atoms with van der Waals surface area (Å²) in [4.78, 5) is 17.3. The van der Waals surface area contributed by atoms with Crippen LogP contribution < -0.4 is 11.5 Å². The molecule has 0 bridgehead atoms. The molecule has 0 radical (unpaired) electrons. The van der Waals surface area contributed by atoms with Crippen molar-refractivity contribution in [3.05, 3.63) is 30.1 Å². The normalized spacial score (nSPS) is 14.4. The largest absolute Gasteiger partial charge is 0.369 e. The first-order valence-electron chi connectivity index (χ1n) is 6.28. The maximum atomic E-state index is 11.1. The summed E-state index contributed by atoms with van der Waals surface area (Å²) in [5.41, 5.74) is 12.5. The molecule has 100 valence electrons. The molecule has 5 heteroatoms. The Morgan fingerprint density at radius 1 is 1.50 bits per heavy atom. The highest BCUT2D eigenvalue weighted by Gasteiger charge is 2.25. The smallest absolute Gasteiger partial charge is 0.231 e. The Hall–Kier alpha value is -1.46. The molecule has 0 aromatic carbocycles. The molecule has 1 heterocycles. The molecule has 4 N–H and O–H groups in total. The summed E-state index contributed by atoms with van der Waals surface area (Å²) in [6, 6.07) is 3.79. The maximum Gasteiger partial charge on any atom is 0.231 e. The van der Waals surface area contributed by atoms with Crippen LogP contribution in [0.15, 0.2) is 24.5 Å². The van der Waals surface area contributed by atoms with Crippen LogP contribution in [0.3, 0.4) is 0 Å². The summed E-state index contributed by atoms with van der Waals surface area (Å²) in [6.45, 7) is 4.96. The van der Waals surface area contributed by atoms with E-state index in [0.717, 1.165) is 18.5 Å². The zero-order valence-corrected chi connectivity index (χ0v) is 11.0. The Bertz CT molecular complexity index is 369. The number of carbonyl (C=O) groups excluding carboxylic acids is 1. The number of pyridine rings is 1. The number of hydrogen-bond acceptors (Lipinski definition) is 4. The number of rotatable bonds is 7. The summed E-state index contributed by atoms with van der Waals surface area (Å²) < 4.78 is 0. The van der Waals surface area contributed by atoms with Gasteiger partial charge in [-0.1, -0.05) is 19.9 Å². The second-order valence-electron chi connectivity index (χ2n) is 4.33. The Labute approximate surface area is 108 Å². The molecule has 0 saturated heterocycles. The van der Waals surface area contributed by atoms with Crippen LogP contribution in [0, 0.1) is 0 Å². The Morgan fingerprint density at radius 3 is 2.67 bits per heavy atom. The third-order valence-electron chi connectivity index (χ3n) is 3.06. The highest BCUT2D eigenvalue weighted by atomic mass is 16.1. The van der Waals surface area contributed by atoms with Crippen LogP contribution in [0.4, 0.5) is 0 Å². The molecule has 2 atom stereocenters. The first-order chi connectivity index (χ1) is 8.60. The van der Waals surface area contributed by atoms with Crippen molar-refractivity contribution >= 4 is 5.91 Å². The predicted octanol–water partition coefficient (Wildman–Crippen LogP) is 0.667. The van der Waals surface area contributed by atoms with Crippen LogP contribution in [0.1, 0.15) is 31.9 Å². The number of primary amides is 1. The molecule has 0 spiro atoms. The predicted molar refractivity (Wildman–Crippen MR) is 71.7 cm³/mol. The highest BCUT2D eigenvalue weighted by Crippen LogP contribution is 2.23. The minimum atomic E-state index is -0.339. The van der Waals surface area contributed by atoms with E-state index in [9.17, 15) is 4.79 Å². The van der Waals surface area contributed by atoms with Gasteiger partial charge in [0.05, 0.1) is 12.6 Å². The van der Waals surface area contributed by atoms with E-state index in [1.54, 1.807) is 12.4 Å². The number of carbonyl (C=O) groups is 1. The van der Waals surface area contributed by atoms with Gasteiger partial charge in [-0.2, -0.15) is 0 Å². The number of amides is 1. The summed E-state index contributed by atoms with van der Waals surface area (Å²) in [5.74, 6) is -0.339.